The van der Waals surface area contributed by atoms with Crippen molar-refractivity contribution in [2.45, 2.75) is 0 Å². The van der Waals surface area contributed by atoms with E-state index in [2.05, 4.69) is 19.9 Å². The fourth-order valence-corrected chi connectivity index (χ4v) is 2.25. The number of hydrogen-bond donors (Lipinski definition) is 0. The van der Waals surface area contributed by atoms with Gasteiger partial charge in [0.1, 0.15) is 24.3 Å². The topological polar surface area (TPSA) is 153 Å². The highest BCUT2D eigenvalue weighted by atomic mass is 15.4. The average Bonchev–Trinajstić information content (AvgIpc) is 2.63. The van der Waals surface area contributed by atoms with Crippen molar-refractivity contribution >= 4 is 23.3 Å². The molecule has 1 aliphatic heterocycles. The highest BCUT2D eigenvalue weighted by molar-refractivity contribution is 5.86. The van der Waals surface area contributed by atoms with Gasteiger partial charge in [0.05, 0.1) is 0 Å². The maximum absolute atomic E-state index is 9.11. The lowest BCUT2D eigenvalue weighted by molar-refractivity contribution is 0.926. The Bertz CT molecular complexity index is 876. The molecule has 3 rings (SSSR count). The average molecular weight is 314 g/mol. The maximum Gasteiger partial charge on any atom is 0.179 e. The smallest absolute Gasteiger partial charge is 0.179 e. The monoisotopic (exact) mass is 314 g/mol. The minimum Gasteiger partial charge on any atom is -0.308 e. The molecule has 0 saturated carbocycles. The lowest BCUT2D eigenvalue weighted by atomic mass is 10.2. The summed E-state index contributed by atoms with van der Waals surface area (Å²) >= 11 is 0. The number of nitrogens with zero attached hydrogens (tertiary/aromatic N) is 10. The van der Waals surface area contributed by atoms with Crippen LogP contribution in [0.4, 0.5) is 23.3 Å². The Hall–Kier alpha value is -4.28. The Kier molecular flexibility index (Phi) is 3.16. The van der Waals surface area contributed by atoms with Crippen molar-refractivity contribution in [1.82, 2.24) is 19.9 Å². The summed E-state index contributed by atoms with van der Waals surface area (Å²) in [5.41, 5.74) is -0.437. The van der Waals surface area contributed by atoms with Gasteiger partial charge in [0.25, 0.3) is 0 Å². The molecule has 0 bridgehead atoms. The molecular formula is C14H6N10. The third-order valence-corrected chi connectivity index (χ3v) is 3.41. The molecular weight excluding hydrogens is 308 g/mol. The van der Waals surface area contributed by atoms with Crippen LogP contribution in [0.15, 0.2) is 0 Å². The van der Waals surface area contributed by atoms with Gasteiger partial charge in [-0.1, -0.05) is 0 Å². The fourth-order valence-electron chi connectivity index (χ4n) is 2.25. The van der Waals surface area contributed by atoms with E-state index in [1.165, 1.54) is 9.80 Å². The van der Waals surface area contributed by atoms with Crippen molar-refractivity contribution in [2.24, 2.45) is 0 Å². The first-order valence-corrected chi connectivity index (χ1v) is 6.47. The predicted octanol–water partition coefficient (Wildman–Crippen LogP) is 0.603. The van der Waals surface area contributed by atoms with Gasteiger partial charge in [0.2, 0.25) is 0 Å². The first kappa shape index (κ1) is 14.6. The summed E-state index contributed by atoms with van der Waals surface area (Å²) in [6.07, 6.45) is 0. The van der Waals surface area contributed by atoms with E-state index in [4.69, 9.17) is 21.0 Å². The summed E-state index contributed by atoms with van der Waals surface area (Å²) in [7, 11) is 3.24. The second-order valence-corrected chi connectivity index (χ2v) is 4.70. The largest absolute Gasteiger partial charge is 0.308 e. The summed E-state index contributed by atoms with van der Waals surface area (Å²) in [5, 5.41) is 36.4. The molecule has 0 spiro atoms. The van der Waals surface area contributed by atoms with Crippen molar-refractivity contribution in [3.63, 3.8) is 0 Å². The minimum absolute atomic E-state index is 0.109. The highest BCUT2D eigenvalue weighted by Crippen LogP contribution is 2.42. The van der Waals surface area contributed by atoms with Gasteiger partial charge in [-0.2, -0.15) is 21.0 Å². The molecule has 1 aliphatic rings. The molecule has 0 aromatic carbocycles. The Balaban J connectivity index is 2.31. The maximum atomic E-state index is 9.11. The van der Waals surface area contributed by atoms with Crippen molar-refractivity contribution in [1.29, 1.82) is 21.0 Å². The van der Waals surface area contributed by atoms with Gasteiger partial charge in [-0.05, 0) is 0 Å². The Morgan fingerprint density at radius 1 is 0.542 bits per heavy atom. The second kappa shape index (κ2) is 5.17. The molecule has 10 heteroatoms. The standard InChI is InChI=1S/C14H6N10/c1-23-11-13(21-9(5-17)7(3-15)19-11)24(2)14-12(23)20-8(4-16)10(6-18)22-14/h1-2H3. The van der Waals surface area contributed by atoms with Crippen molar-refractivity contribution in [3.8, 4) is 24.3 Å². The SMILES string of the molecule is CN1c2nc(C#N)c(C#N)nc2N(C)c2nc(C#N)c(C#N)nc21. The van der Waals surface area contributed by atoms with Gasteiger partial charge in [-0.3, -0.25) is 0 Å². The van der Waals surface area contributed by atoms with Gasteiger partial charge < -0.3 is 9.80 Å². The van der Waals surface area contributed by atoms with Gasteiger partial charge >= 0.3 is 0 Å². The summed E-state index contributed by atoms with van der Waals surface area (Å²) in [6.45, 7) is 0. The number of aromatic nitrogens is 4. The van der Waals surface area contributed by atoms with Crippen LogP contribution in [0, 0.1) is 45.3 Å². The molecule has 0 fully saturated rings. The molecule has 0 atom stereocenters. The summed E-state index contributed by atoms with van der Waals surface area (Å²) in [6, 6.07) is 7.30. The molecule has 112 valence electrons. The van der Waals surface area contributed by atoms with Gasteiger partial charge in [-0.15, -0.1) is 0 Å². The number of rotatable bonds is 0. The normalized spacial score (nSPS) is 11.4. The molecule has 0 amide bonds. The van der Waals surface area contributed by atoms with Gasteiger partial charge in [-0.25, -0.2) is 19.9 Å². The lowest BCUT2D eigenvalue weighted by Crippen LogP contribution is -2.29. The van der Waals surface area contributed by atoms with Crippen LogP contribution < -0.4 is 9.80 Å². The predicted molar refractivity (Wildman–Crippen MR) is 79.1 cm³/mol. The lowest BCUT2D eigenvalue weighted by Gasteiger charge is -2.32. The third-order valence-electron chi connectivity index (χ3n) is 3.41. The zero-order valence-electron chi connectivity index (χ0n) is 12.5. The molecule has 0 unspecified atom stereocenters. The van der Waals surface area contributed by atoms with Crippen LogP contribution in [0.5, 0.6) is 0 Å². The van der Waals surface area contributed by atoms with E-state index in [1.54, 1.807) is 14.1 Å². The van der Waals surface area contributed by atoms with E-state index in [-0.39, 0.29) is 22.8 Å². The van der Waals surface area contributed by atoms with Crippen molar-refractivity contribution in [3.05, 3.63) is 22.8 Å². The molecule has 2 aromatic rings. The van der Waals surface area contributed by atoms with E-state index in [0.717, 1.165) is 0 Å². The zero-order valence-corrected chi connectivity index (χ0v) is 12.5. The van der Waals surface area contributed by atoms with E-state index in [1.807, 2.05) is 24.3 Å². The Morgan fingerprint density at radius 3 is 0.917 bits per heavy atom. The van der Waals surface area contributed by atoms with Crippen molar-refractivity contribution < 1.29 is 0 Å². The number of anilines is 4. The molecule has 0 N–H and O–H groups in total. The van der Waals surface area contributed by atoms with Gasteiger partial charge in [0, 0.05) is 14.1 Å². The molecule has 3 heterocycles. The summed E-state index contributed by atoms with van der Waals surface area (Å²) in [4.78, 5) is 19.6. The molecule has 0 aliphatic carbocycles. The van der Waals surface area contributed by atoms with Crippen LogP contribution in [-0.2, 0) is 0 Å². The summed E-state index contributed by atoms with van der Waals surface area (Å²) in [5.74, 6) is 1.18. The van der Waals surface area contributed by atoms with Crippen LogP contribution in [0.2, 0.25) is 0 Å². The first-order chi connectivity index (χ1) is 11.5. The van der Waals surface area contributed by atoms with E-state index < -0.39 is 0 Å². The molecule has 2 aromatic heterocycles. The molecule has 24 heavy (non-hydrogen) atoms. The Labute approximate surface area is 136 Å². The van der Waals surface area contributed by atoms with E-state index >= 15 is 0 Å². The molecule has 10 nitrogen and oxygen atoms in total. The Morgan fingerprint density at radius 2 is 0.750 bits per heavy atom. The van der Waals surface area contributed by atoms with Crippen molar-refractivity contribution in [2.75, 3.05) is 23.9 Å². The van der Waals surface area contributed by atoms with Crippen LogP contribution in [0.1, 0.15) is 22.8 Å². The van der Waals surface area contributed by atoms with E-state index in [9.17, 15) is 0 Å². The third kappa shape index (κ3) is 1.85. The fraction of sp³-hybridized carbons (Fsp3) is 0.143. The summed E-state index contributed by atoms with van der Waals surface area (Å²) < 4.78 is 0. The van der Waals surface area contributed by atoms with Crippen LogP contribution in [0.25, 0.3) is 0 Å². The first-order valence-electron chi connectivity index (χ1n) is 6.47. The number of hydrogen-bond acceptors (Lipinski definition) is 10. The second-order valence-electron chi connectivity index (χ2n) is 4.70. The zero-order chi connectivity index (χ0) is 17.4. The van der Waals surface area contributed by atoms with Gasteiger partial charge in [0.15, 0.2) is 46.0 Å². The number of fused-ring (bicyclic) bond motifs is 2. The van der Waals surface area contributed by atoms with E-state index in [0.29, 0.717) is 23.3 Å². The minimum atomic E-state index is -0.109. The highest BCUT2D eigenvalue weighted by Gasteiger charge is 2.32. The quantitative estimate of drug-likeness (QED) is 0.675. The number of nitriles is 4. The van der Waals surface area contributed by atoms with Crippen LogP contribution in [0.3, 0.4) is 0 Å². The molecule has 0 saturated heterocycles. The van der Waals surface area contributed by atoms with Crippen LogP contribution >= 0.6 is 0 Å². The van der Waals surface area contributed by atoms with Crippen LogP contribution in [-0.4, -0.2) is 34.0 Å². The molecule has 0 radical (unpaired) electrons.